The number of amides is 1. The van der Waals surface area contributed by atoms with Crippen molar-refractivity contribution in [3.63, 3.8) is 0 Å². The summed E-state index contributed by atoms with van der Waals surface area (Å²) in [6, 6.07) is 5.74. The molecule has 1 aromatic rings. The van der Waals surface area contributed by atoms with E-state index in [-0.39, 0.29) is 5.91 Å². The van der Waals surface area contributed by atoms with Gasteiger partial charge in [-0.25, -0.2) is 0 Å². The van der Waals surface area contributed by atoms with Crippen LogP contribution in [0.5, 0.6) is 0 Å². The molecule has 0 saturated heterocycles. The molecule has 0 aliphatic heterocycles. The lowest BCUT2D eigenvalue weighted by molar-refractivity contribution is 0.0587. The number of hydrogen-bond donors (Lipinski definition) is 2. The molecule has 1 rings (SSSR count). The van der Waals surface area contributed by atoms with E-state index in [0.29, 0.717) is 25.1 Å². The van der Waals surface area contributed by atoms with Gasteiger partial charge in [-0.3, -0.25) is 4.79 Å². The van der Waals surface area contributed by atoms with Crippen LogP contribution in [0.1, 0.15) is 27.9 Å². The molecular weight excluding hydrogens is 230 g/mol. The van der Waals surface area contributed by atoms with Crippen LogP contribution in [0.2, 0.25) is 0 Å². The number of benzene rings is 1. The fraction of sp³-hybridized carbons (Fsp3) is 0.500. The minimum atomic E-state index is -0.533. The van der Waals surface area contributed by atoms with Gasteiger partial charge in [-0.2, -0.15) is 0 Å². The minimum absolute atomic E-state index is 0.105. The first-order valence-corrected chi connectivity index (χ1v) is 6.06. The van der Waals surface area contributed by atoms with Crippen molar-refractivity contribution in [3.8, 4) is 0 Å². The van der Waals surface area contributed by atoms with Crippen molar-refractivity contribution in [2.24, 2.45) is 0 Å². The van der Waals surface area contributed by atoms with Crippen molar-refractivity contribution in [1.29, 1.82) is 0 Å². The van der Waals surface area contributed by atoms with Crippen molar-refractivity contribution in [1.82, 2.24) is 5.32 Å². The van der Waals surface area contributed by atoms with Crippen molar-refractivity contribution in [2.45, 2.75) is 26.4 Å². The van der Waals surface area contributed by atoms with Gasteiger partial charge < -0.3 is 15.2 Å². The number of rotatable bonds is 6. The predicted octanol–water partition coefficient (Wildman–Crippen LogP) is 1.43. The molecule has 1 atom stereocenters. The van der Waals surface area contributed by atoms with Crippen molar-refractivity contribution >= 4 is 5.91 Å². The average molecular weight is 251 g/mol. The molecule has 0 aliphatic rings. The molecular formula is C14H21NO3. The van der Waals surface area contributed by atoms with Gasteiger partial charge >= 0.3 is 0 Å². The molecule has 0 saturated carbocycles. The molecule has 0 aromatic heterocycles. The van der Waals surface area contributed by atoms with Gasteiger partial charge in [0.25, 0.3) is 5.91 Å². The third-order valence-corrected chi connectivity index (χ3v) is 2.61. The Morgan fingerprint density at radius 2 is 1.94 bits per heavy atom. The highest BCUT2D eigenvalue weighted by Crippen LogP contribution is 2.08. The van der Waals surface area contributed by atoms with Gasteiger partial charge in [-0.1, -0.05) is 17.2 Å². The minimum Gasteiger partial charge on any atom is -0.391 e. The molecule has 18 heavy (non-hydrogen) atoms. The van der Waals surface area contributed by atoms with Crippen LogP contribution in [0.25, 0.3) is 0 Å². The molecule has 0 bridgehead atoms. The summed E-state index contributed by atoms with van der Waals surface area (Å²) in [4.78, 5) is 11.9. The molecule has 4 heteroatoms. The monoisotopic (exact) mass is 251 g/mol. The van der Waals surface area contributed by atoms with Crippen molar-refractivity contribution in [3.05, 3.63) is 34.9 Å². The van der Waals surface area contributed by atoms with Gasteiger partial charge in [0.1, 0.15) is 0 Å². The lowest BCUT2D eigenvalue weighted by atomic mass is 10.1. The Morgan fingerprint density at radius 1 is 1.33 bits per heavy atom. The molecule has 0 radical (unpaired) electrons. The zero-order valence-electron chi connectivity index (χ0n) is 11.2. The Bertz CT molecular complexity index is 384. The van der Waals surface area contributed by atoms with E-state index in [1.54, 1.807) is 0 Å². The maximum Gasteiger partial charge on any atom is 0.251 e. The second-order valence-electron chi connectivity index (χ2n) is 4.53. The van der Waals surface area contributed by atoms with Crippen LogP contribution < -0.4 is 5.32 Å². The maximum atomic E-state index is 11.9. The van der Waals surface area contributed by atoms with Crippen LogP contribution in [0, 0.1) is 13.8 Å². The molecule has 1 unspecified atom stereocenters. The Balaban J connectivity index is 2.45. The SMILES string of the molecule is COCC(O)CCNC(=O)c1cc(C)cc(C)c1. The summed E-state index contributed by atoms with van der Waals surface area (Å²) in [7, 11) is 1.54. The standard InChI is InChI=1S/C14H21NO3/c1-10-6-11(2)8-12(7-10)14(17)15-5-4-13(16)9-18-3/h6-8,13,16H,4-5,9H2,1-3H3,(H,15,17). The zero-order chi connectivity index (χ0) is 13.5. The number of aliphatic hydroxyl groups is 1. The van der Waals surface area contributed by atoms with Gasteiger partial charge in [0.2, 0.25) is 0 Å². The van der Waals surface area contributed by atoms with Crippen LogP contribution in [0.3, 0.4) is 0 Å². The molecule has 0 aliphatic carbocycles. The number of hydrogen-bond acceptors (Lipinski definition) is 3. The van der Waals surface area contributed by atoms with E-state index in [1.165, 1.54) is 7.11 Å². The highest BCUT2D eigenvalue weighted by Gasteiger charge is 2.08. The number of aliphatic hydroxyl groups excluding tert-OH is 1. The number of aryl methyl sites for hydroxylation is 2. The third kappa shape index (κ3) is 4.85. The lowest BCUT2D eigenvalue weighted by Gasteiger charge is -2.10. The van der Waals surface area contributed by atoms with Gasteiger partial charge in [-0.05, 0) is 32.4 Å². The van der Waals surface area contributed by atoms with E-state index < -0.39 is 6.10 Å². The summed E-state index contributed by atoms with van der Waals surface area (Å²) in [5.74, 6) is -0.105. The first kappa shape index (κ1) is 14.7. The smallest absolute Gasteiger partial charge is 0.251 e. The topological polar surface area (TPSA) is 58.6 Å². The third-order valence-electron chi connectivity index (χ3n) is 2.61. The zero-order valence-corrected chi connectivity index (χ0v) is 11.2. The molecule has 2 N–H and O–H groups in total. The second kappa shape index (κ2) is 7.13. The molecule has 4 nitrogen and oxygen atoms in total. The van der Waals surface area contributed by atoms with Crippen LogP contribution in [-0.2, 0) is 4.74 Å². The van der Waals surface area contributed by atoms with E-state index in [4.69, 9.17) is 4.74 Å². The van der Waals surface area contributed by atoms with Crippen LogP contribution in [0.15, 0.2) is 18.2 Å². The summed E-state index contributed by atoms with van der Waals surface area (Å²) in [5.41, 5.74) is 2.80. The largest absolute Gasteiger partial charge is 0.391 e. The fourth-order valence-electron chi connectivity index (χ4n) is 1.84. The van der Waals surface area contributed by atoms with Gasteiger partial charge in [-0.15, -0.1) is 0 Å². The summed E-state index contributed by atoms with van der Waals surface area (Å²) in [5, 5.41) is 12.2. The van der Waals surface area contributed by atoms with E-state index in [1.807, 2.05) is 32.0 Å². The molecule has 100 valence electrons. The molecule has 0 heterocycles. The van der Waals surface area contributed by atoms with Gasteiger partial charge in [0.15, 0.2) is 0 Å². The molecule has 1 amide bonds. The lowest BCUT2D eigenvalue weighted by Crippen LogP contribution is -2.28. The van der Waals surface area contributed by atoms with E-state index in [0.717, 1.165) is 11.1 Å². The van der Waals surface area contributed by atoms with Crippen molar-refractivity contribution < 1.29 is 14.6 Å². The van der Waals surface area contributed by atoms with Gasteiger partial charge in [0.05, 0.1) is 12.7 Å². The quantitative estimate of drug-likeness (QED) is 0.804. The maximum absolute atomic E-state index is 11.9. The van der Waals surface area contributed by atoms with Gasteiger partial charge in [0, 0.05) is 19.2 Å². The normalized spacial score (nSPS) is 12.2. The number of carbonyl (C=O) groups is 1. The molecule has 1 aromatic carbocycles. The first-order valence-electron chi connectivity index (χ1n) is 6.06. The Hall–Kier alpha value is -1.39. The predicted molar refractivity (Wildman–Crippen MR) is 70.7 cm³/mol. The highest BCUT2D eigenvalue weighted by molar-refractivity contribution is 5.94. The van der Waals surface area contributed by atoms with Crippen molar-refractivity contribution in [2.75, 3.05) is 20.3 Å². The summed E-state index contributed by atoms with van der Waals surface area (Å²) < 4.78 is 4.81. The van der Waals surface area contributed by atoms with Crippen LogP contribution in [-0.4, -0.2) is 37.4 Å². The number of nitrogens with one attached hydrogen (secondary N) is 1. The highest BCUT2D eigenvalue weighted by atomic mass is 16.5. The first-order chi connectivity index (χ1) is 8.52. The van der Waals surface area contributed by atoms with Crippen LogP contribution in [0.4, 0.5) is 0 Å². The summed E-state index contributed by atoms with van der Waals surface area (Å²) >= 11 is 0. The van der Waals surface area contributed by atoms with E-state index in [2.05, 4.69) is 5.32 Å². The average Bonchev–Trinajstić information content (AvgIpc) is 2.27. The summed E-state index contributed by atoms with van der Waals surface area (Å²) in [6.07, 6.45) is -0.0424. The van der Waals surface area contributed by atoms with Crippen LogP contribution >= 0.6 is 0 Å². The summed E-state index contributed by atoms with van der Waals surface area (Å²) in [6.45, 7) is 4.66. The molecule has 0 fully saturated rings. The van der Waals surface area contributed by atoms with E-state index in [9.17, 15) is 9.90 Å². The van der Waals surface area contributed by atoms with E-state index >= 15 is 0 Å². The number of carbonyl (C=O) groups excluding carboxylic acids is 1. The second-order valence-corrected chi connectivity index (χ2v) is 4.53. The number of methoxy groups -OCH3 is 1. The Labute approximate surface area is 108 Å². The Morgan fingerprint density at radius 3 is 2.50 bits per heavy atom. The Kier molecular flexibility index (Phi) is 5.82. The fourth-order valence-corrected chi connectivity index (χ4v) is 1.84. The molecule has 0 spiro atoms. The number of ether oxygens (including phenoxy) is 1.